The number of hydrogen-bond donors (Lipinski definition) is 0. The Balaban J connectivity index is 1.28. The first-order chi connectivity index (χ1) is 20.6. The van der Waals surface area contributed by atoms with E-state index < -0.39 is 0 Å². The van der Waals surface area contributed by atoms with Crippen molar-refractivity contribution in [2.24, 2.45) is 11.8 Å². The lowest BCUT2D eigenvalue weighted by Gasteiger charge is -2.19. The second-order valence-corrected chi connectivity index (χ2v) is 14.4. The molecule has 6 rings (SSSR count). The van der Waals surface area contributed by atoms with Crippen LogP contribution in [0.3, 0.4) is 0 Å². The lowest BCUT2D eigenvalue weighted by Crippen LogP contribution is -2.11. The van der Waals surface area contributed by atoms with Crippen molar-refractivity contribution in [2.75, 3.05) is 13.2 Å². The summed E-state index contributed by atoms with van der Waals surface area (Å²) in [5.41, 5.74) is 4.33. The van der Waals surface area contributed by atoms with Gasteiger partial charge in [0.15, 0.2) is 0 Å². The van der Waals surface area contributed by atoms with Gasteiger partial charge in [-0.15, -0.1) is 22.7 Å². The fourth-order valence-corrected chi connectivity index (χ4v) is 9.42. The Morgan fingerprint density at radius 3 is 2.10 bits per heavy atom. The van der Waals surface area contributed by atoms with E-state index in [0.717, 1.165) is 37.6 Å². The summed E-state index contributed by atoms with van der Waals surface area (Å²) in [6.45, 7) is 10.8. The monoisotopic (exact) mass is 598 g/mol. The van der Waals surface area contributed by atoms with Crippen LogP contribution < -0.4 is 9.47 Å². The largest absolute Gasteiger partial charge is 0.493 e. The Morgan fingerprint density at radius 2 is 1.40 bits per heavy atom. The van der Waals surface area contributed by atoms with Crippen LogP contribution in [0.15, 0.2) is 48.5 Å². The molecule has 1 aliphatic carbocycles. The molecule has 0 spiro atoms. The zero-order valence-electron chi connectivity index (χ0n) is 25.9. The van der Waals surface area contributed by atoms with Crippen LogP contribution in [-0.2, 0) is 12.8 Å². The molecule has 2 heterocycles. The van der Waals surface area contributed by atoms with Crippen molar-refractivity contribution in [3.63, 3.8) is 0 Å². The van der Waals surface area contributed by atoms with Gasteiger partial charge in [-0.05, 0) is 95.8 Å². The molecule has 42 heavy (non-hydrogen) atoms. The molecule has 0 bridgehead atoms. The molecule has 3 aromatic carbocycles. The first-order valence-electron chi connectivity index (χ1n) is 16.4. The molecule has 2 atom stereocenters. The normalized spacial score (nSPS) is 14.3. The van der Waals surface area contributed by atoms with Crippen LogP contribution in [0.4, 0.5) is 0 Å². The number of unbranched alkanes of at least 4 members (excludes halogenated alkanes) is 2. The molecule has 0 aliphatic heterocycles. The van der Waals surface area contributed by atoms with Crippen molar-refractivity contribution in [3.05, 3.63) is 59.0 Å². The van der Waals surface area contributed by atoms with E-state index in [0.29, 0.717) is 11.8 Å². The van der Waals surface area contributed by atoms with Gasteiger partial charge in [0.2, 0.25) is 0 Å². The molecule has 2 nitrogen and oxygen atoms in total. The quantitative estimate of drug-likeness (QED) is 0.127. The fraction of sp³-hybridized carbons (Fsp3) is 0.474. The highest BCUT2D eigenvalue weighted by molar-refractivity contribution is 7.33. The molecule has 0 fully saturated rings. The van der Waals surface area contributed by atoms with Gasteiger partial charge in [0.1, 0.15) is 11.5 Å². The van der Waals surface area contributed by atoms with E-state index in [1.165, 1.54) is 98.3 Å². The number of fused-ring (bicyclic) bond motifs is 9. The number of aryl methyl sites for hydroxylation is 2. The average molecular weight is 599 g/mol. The molecule has 2 unspecified atom stereocenters. The van der Waals surface area contributed by atoms with Crippen molar-refractivity contribution >= 4 is 52.9 Å². The number of rotatable bonds is 14. The second kappa shape index (κ2) is 13.4. The van der Waals surface area contributed by atoms with Crippen molar-refractivity contribution in [1.29, 1.82) is 0 Å². The SMILES string of the molecule is CCCCC(CC)COc1ccc2c(c1)CCc1sc3c(sc4ccc5cc(OCC(CC)CCCC)ccc5c43)c1-2. The Hall–Kier alpha value is -2.56. The van der Waals surface area contributed by atoms with Gasteiger partial charge in [-0.25, -0.2) is 0 Å². The maximum absolute atomic E-state index is 6.33. The zero-order valence-corrected chi connectivity index (χ0v) is 27.5. The van der Waals surface area contributed by atoms with Gasteiger partial charge in [-0.1, -0.05) is 78.4 Å². The molecule has 5 aromatic rings. The average Bonchev–Trinajstić information content (AvgIpc) is 3.57. The van der Waals surface area contributed by atoms with E-state index in [9.17, 15) is 0 Å². The molecule has 0 N–H and O–H groups in total. The fourth-order valence-electron chi connectivity index (χ4n) is 6.56. The van der Waals surface area contributed by atoms with E-state index in [1.54, 1.807) is 4.88 Å². The highest BCUT2D eigenvalue weighted by atomic mass is 32.1. The lowest BCUT2D eigenvalue weighted by atomic mass is 9.90. The van der Waals surface area contributed by atoms with Gasteiger partial charge >= 0.3 is 0 Å². The highest BCUT2D eigenvalue weighted by Gasteiger charge is 2.25. The minimum atomic E-state index is 0.640. The minimum Gasteiger partial charge on any atom is -0.493 e. The van der Waals surface area contributed by atoms with Crippen molar-refractivity contribution in [3.8, 4) is 22.6 Å². The summed E-state index contributed by atoms with van der Waals surface area (Å²) >= 11 is 3.99. The lowest BCUT2D eigenvalue weighted by molar-refractivity contribution is 0.233. The maximum atomic E-state index is 6.33. The van der Waals surface area contributed by atoms with Gasteiger partial charge < -0.3 is 9.47 Å². The number of benzene rings is 3. The Kier molecular flexibility index (Phi) is 9.41. The molecule has 4 heteroatoms. The number of thiophene rings is 2. The van der Waals surface area contributed by atoms with E-state index in [2.05, 4.69) is 76.2 Å². The summed E-state index contributed by atoms with van der Waals surface area (Å²) in [6.07, 6.45) is 12.2. The van der Waals surface area contributed by atoms with Crippen molar-refractivity contribution < 1.29 is 9.47 Å². The Labute approximate surface area is 260 Å². The van der Waals surface area contributed by atoms with Crippen LogP contribution in [0.5, 0.6) is 11.5 Å². The summed E-state index contributed by atoms with van der Waals surface area (Å²) < 4.78 is 16.9. The Bertz CT molecular complexity index is 1660. The predicted molar refractivity (Wildman–Crippen MR) is 185 cm³/mol. The number of ether oxygens (including phenoxy) is 2. The van der Waals surface area contributed by atoms with Crippen LogP contribution in [-0.4, -0.2) is 13.2 Å². The van der Waals surface area contributed by atoms with Crippen LogP contribution in [0.25, 0.3) is 41.4 Å². The van der Waals surface area contributed by atoms with Gasteiger partial charge in [0, 0.05) is 20.5 Å². The van der Waals surface area contributed by atoms with Gasteiger partial charge in [0.05, 0.1) is 22.6 Å². The summed E-state index contributed by atoms with van der Waals surface area (Å²) in [5, 5.41) is 4.05. The second-order valence-electron chi connectivity index (χ2n) is 12.3. The summed E-state index contributed by atoms with van der Waals surface area (Å²) in [7, 11) is 0. The molecule has 222 valence electrons. The summed E-state index contributed by atoms with van der Waals surface area (Å²) in [5.74, 6) is 3.33. The Morgan fingerprint density at radius 1 is 0.714 bits per heavy atom. The van der Waals surface area contributed by atoms with E-state index >= 15 is 0 Å². The van der Waals surface area contributed by atoms with Crippen LogP contribution >= 0.6 is 22.7 Å². The third kappa shape index (κ3) is 5.95. The molecule has 2 aromatic heterocycles. The standard InChI is InChI=1S/C38H46O2S2/c1-5-9-11-25(7-3)23-39-29-15-17-31-27(21-29)13-19-33-35(31)37-38(41-33)36-32-18-16-30(22-28(32)14-20-34(36)42-37)40-24-26(8-4)12-10-6-2/h13,15-19,21-22,25-26H,5-12,14,20,23-24H2,1-4H3. The van der Waals surface area contributed by atoms with Crippen LogP contribution in [0.2, 0.25) is 0 Å². The summed E-state index contributed by atoms with van der Waals surface area (Å²) in [6, 6.07) is 18.2. The molecular weight excluding hydrogens is 553 g/mol. The van der Waals surface area contributed by atoms with E-state index in [1.807, 2.05) is 22.7 Å². The third-order valence-corrected chi connectivity index (χ3v) is 11.9. The molecular formula is C38H46O2S2. The first-order valence-corrected chi connectivity index (χ1v) is 18.1. The van der Waals surface area contributed by atoms with Crippen molar-refractivity contribution in [1.82, 2.24) is 0 Å². The molecule has 0 amide bonds. The van der Waals surface area contributed by atoms with Crippen LogP contribution in [0, 0.1) is 11.8 Å². The number of hydrogen-bond acceptors (Lipinski definition) is 4. The van der Waals surface area contributed by atoms with Crippen molar-refractivity contribution in [2.45, 2.75) is 91.9 Å². The van der Waals surface area contributed by atoms with Gasteiger partial charge in [0.25, 0.3) is 0 Å². The molecule has 0 radical (unpaired) electrons. The molecule has 0 saturated heterocycles. The third-order valence-electron chi connectivity index (χ3n) is 9.35. The van der Waals surface area contributed by atoms with E-state index in [-0.39, 0.29) is 0 Å². The summed E-state index contributed by atoms with van der Waals surface area (Å²) in [4.78, 5) is 1.54. The highest BCUT2D eigenvalue weighted by Crippen LogP contribution is 2.51. The molecule has 0 saturated carbocycles. The van der Waals surface area contributed by atoms with Gasteiger partial charge in [-0.3, -0.25) is 0 Å². The predicted octanol–water partition coefficient (Wildman–Crippen LogP) is 12.2. The first kappa shape index (κ1) is 29.5. The molecule has 1 aliphatic rings. The topological polar surface area (TPSA) is 18.5 Å². The van der Waals surface area contributed by atoms with Crippen LogP contribution in [0.1, 0.15) is 89.5 Å². The smallest absolute Gasteiger partial charge is 0.119 e. The van der Waals surface area contributed by atoms with Gasteiger partial charge in [-0.2, -0.15) is 0 Å². The van der Waals surface area contributed by atoms with E-state index in [4.69, 9.17) is 9.47 Å². The minimum absolute atomic E-state index is 0.640. The maximum Gasteiger partial charge on any atom is 0.119 e. The zero-order chi connectivity index (χ0) is 29.1.